The number of hydrogen-bond donors (Lipinski definition) is 1. The number of fused-ring (bicyclic) bond motifs is 1. The van der Waals surface area contributed by atoms with E-state index in [4.69, 9.17) is 4.74 Å². The zero-order chi connectivity index (χ0) is 17.1. The van der Waals surface area contributed by atoms with Crippen molar-refractivity contribution in [3.8, 4) is 0 Å². The molecule has 0 saturated carbocycles. The zero-order valence-corrected chi connectivity index (χ0v) is 14.2. The first-order valence-corrected chi connectivity index (χ1v) is 8.83. The molecule has 0 aromatic carbocycles. The fourth-order valence-electron chi connectivity index (χ4n) is 3.83. The number of nitrogens with zero attached hydrogens (tertiary/aromatic N) is 4. The van der Waals surface area contributed by atoms with Crippen LogP contribution in [-0.2, 0) is 11.3 Å². The minimum atomic E-state index is 0.0248. The Labute approximate surface area is 147 Å². The molecule has 7 nitrogen and oxygen atoms in total. The van der Waals surface area contributed by atoms with Crippen LogP contribution in [0.25, 0.3) is 0 Å². The van der Waals surface area contributed by atoms with Crippen LogP contribution in [-0.4, -0.2) is 69.0 Å². The molecule has 2 aromatic rings. The van der Waals surface area contributed by atoms with Gasteiger partial charge in [-0.3, -0.25) is 14.7 Å². The Bertz CT molecular complexity index is 691. The van der Waals surface area contributed by atoms with Crippen molar-refractivity contribution in [3.63, 3.8) is 0 Å². The molecule has 2 fully saturated rings. The van der Waals surface area contributed by atoms with Crippen LogP contribution in [0.3, 0.4) is 0 Å². The number of nitrogens with one attached hydrogen (secondary N) is 1. The summed E-state index contributed by atoms with van der Waals surface area (Å²) >= 11 is 0. The number of likely N-dealkylation sites (tertiary alicyclic amines) is 1. The van der Waals surface area contributed by atoms with E-state index >= 15 is 0 Å². The van der Waals surface area contributed by atoms with Crippen molar-refractivity contribution in [2.75, 3.05) is 26.2 Å². The molecule has 0 bridgehead atoms. The molecule has 2 aromatic heterocycles. The van der Waals surface area contributed by atoms with E-state index in [2.05, 4.69) is 32.0 Å². The Morgan fingerprint density at radius 2 is 2.04 bits per heavy atom. The molecular weight excluding hydrogens is 318 g/mol. The van der Waals surface area contributed by atoms with E-state index < -0.39 is 0 Å². The summed E-state index contributed by atoms with van der Waals surface area (Å²) in [7, 11) is 0. The predicted octanol–water partition coefficient (Wildman–Crippen LogP) is 1.31. The Kier molecular flexibility index (Phi) is 4.76. The first-order valence-electron chi connectivity index (χ1n) is 8.83. The molecule has 25 heavy (non-hydrogen) atoms. The van der Waals surface area contributed by atoms with Crippen LogP contribution in [0.15, 0.2) is 37.1 Å². The third kappa shape index (κ3) is 3.57. The van der Waals surface area contributed by atoms with Crippen LogP contribution >= 0.6 is 0 Å². The molecular formula is C18H23N5O2. The van der Waals surface area contributed by atoms with Crippen molar-refractivity contribution < 1.29 is 9.53 Å². The van der Waals surface area contributed by atoms with E-state index in [0.717, 1.165) is 45.6 Å². The van der Waals surface area contributed by atoms with E-state index in [9.17, 15) is 4.79 Å². The first kappa shape index (κ1) is 16.2. The predicted molar refractivity (Wildman–Crippen MR) is 91.9 cm³/mol. The largest absolute Gasteiger partial charge is 0.375 e. The lowest BCUT2D eigenvalue weighted by Gasteiger charge is -2.40. The first-order chi connectivity index (χ1) is 12.3. The normalized spacial score (nSPS) is 24.6. The fraction of sp³-hybridized carbons (Fsp3) is 0.500. The number of carbonyl (C=O) groups is 1. The molecule has 0 radical (unpaired) electrons. The SMILES string of the molecule is O=C(c1cnc[nH]1)N1CC[C@H]2OCCN(Cc3ccncc3)[C@H]2CC1. The zero-order valence-electron chi connectivity index (χ0n) is 14.2. The number of carbonyl (C=O) groups excluding carboxylic acids is 1. The lowest BCUT2D eigenvalue weighted by atomic mass is 10.0. The van der Waals surface area contributed by atoms with Crippen LogP contribution in [0.2, 0.25) is 0 Å². The average Bonchev–Trinajstić information content (AvgIpc) is 3.09. The van der Waals surface area contributed by atoms with Gasteiger partial charge in [0.25, 0.3) is 5.91 Å². The van der Waals surface area contributed by atoms with Crippen LogP contribution < -0.4 is 0 Å². The number of imidazole rings is 1. The Balaban J connectivity index is 1.44. The van der Waals surface area contributed by atoms with Crippen molar-refractivity contribution >= 4 is 5.91 Å². The number of morpholine rings is 1. The number of hydrogen-bond acceptors (Lipinski definition) is 5. The molecule has 4 rings (SSSR count). The fourth-order valence-corrected chi connectivity index (χ4v) is 3.83. The summed E-state index contributed by atoms with van der Waals surface area (Å²) in [4.78, 5) is 27.9. The molecule has 7 heteroatoms. The molecule has 2 atom stereocenters. The topological polar surface area (TPSA) is 74.3 Å². The summed E-state index contributed by atoms with van der Waals surface area (Å²) < 4.78 is 6.04. The molecule has 2 aliphatic heterocycles. The van der Waals surface area contributed by atoms with Gasteiger partial charge in [-0.15, -0.1) is 0 Å². The van der Waals surface area contributed by atoms with Crippen LogP contribution in [0.5, 0.6) is 0 Å². The van der Waals surface area contributed by atoms with Gasteiger partial charge < -0.3 is 14.6 Å². The van der Waals surface area contributed by atoms with Crippen molar-refractivity contribution in [2.24, 2.45) is 0 Å². The smallest absolute Gasteiger partial charge is 0.271 e. The van der Waals surface area contributed by atoms with Gasteiger partial charge in [0.2, 0.25) is 0 Å². The van der Waals surface area contributed by atoms with E-state index in [1.54, 1.807) is 12.5 Å². The third-order valence-corrected chi connectivity index (χ3v) is 5.14. The Morgan fingerprint density at radius 3 is 2.84 bits per heavy atom. The second-order valence-electron chi connectivity index (χ2n) is 6.64. The highest BCUT2D eigenvalue weighted by Crippen LogP contribution is 2.25. The maximum Gasteiger partial charge on any atom is 0.271 e. The minimum Gasteiger partial charge on any atom is -0.375 e. The molecule has 1 N–H and O–H groups in total. The maximum atomic E-state index is 12.6. The van der Waals surface area contributed by atoms with Crippen LogP contribution in [0, 0.1) is 0 Å². The third-order valence-electron chi connectivity index (χ3n) is 5.14. The van der Waals surface area contributed by atoms with Gasteiger partial charge in [0.05, 0.1) is 25.2 Å². The number of amides is 1. The van der Waals surface area contributed by atoms with Crippen molar-refractivity contribution in [1.29, 1.82) is 0 Å². The summed E-state index contributed by atoms with van der Waals surface area (Å²) in [6.45, 7) is 4.05. The molecule has 2 aliphatic rings. The summed E-state index contributed by atoms with van der Waals surface area (Å²) in [6, 6.07) is 4.48. The Morgan fingerprint density at radius 1 is 1.20 bits per heavy atom. The van der Waals surface area contributed by atoms with Gasteiger partial charge >= 0.3 is 0 Å². The van der Waals surface area contributed by atoms with Gasteiger partial charge in [-0.05, 0) is 30.5 Å². The molecule has 1 amide bonds. The van der Waals surface area contributed by atoms with Gasteiger partial charge in [-0.25, -0.2) is 4.98 Å². The average molecular weight is 341 g/mol. The quantitative estimate of drug-likeness (QED) is 0.911. The van der Waals surface area contributed by atoms with E-state index in [-0.39, 0.29) is 12.0 Å². The number of aromatic amines is 1. The van der Waals surface area contributed by atoms with E-state index in [1.807, 2.05) is 17.3 Å². The van der Waals surface area contributed by atoms with Gasteiger partial charge in [-0.1, -0.05) is 0 Å². The number of aromatic nitrogens is 3. The second-order valence-corrected chi connectivity index (χ2v) is 6.64. The van der Waals surface area contributed by atoms with Gasteiger partial charge in [0, 0.05) is 44.6 Å². The summed E-state index contributed by atoms with van der Waals surface area (Å²) in [6.07, 6.45) is 8.80. The lowest BCUT2D eigenvalue weighted by molar-refractivity contribution is -0.0746. The van der Waals surface area contributed by atoms with Gasteiger partial charge in [0.1, 0.15) is 5.69 Å². The lowest BCUT2D eigenvalue weighted by Crippen LogP contribution is -2.50. The Hall–Kier alpha value is -2.25. The highest BCUT2D eigenvalue weighted by molar-refractivity contribution is 5.92. The van der Waals surface area contributed by atoms with Crippen LogP contribution in [0.1, 0.15) is 28.9 Å². The molecule has 0 unspecified atom stereocenters. The number of pyridine rings is 1. The molecule has 2 saturated heterocycles. The van der Waals surface area contributed by atoms with Crippen molar-refractivity contribution in [2.45, 2.75) is 31.5 Å². The van der Waals surface area contributed by atoms with E-state index in [0.29, 0.717) is 11.7 Å². The van der Waals surface area contributed by atoms with Crippen molar-refractivity contribution in [1.82, 2.24) is 24.8 Å². The van der Waals surface area contributed by atoms with Gasteiger partial charge in [-0.2, -0.15) is 0 Å². The van der Waals surface area contributed by atoms with E-state index in [1.165, 1.54) is 5.56 Å². The highest BCUT2D eigenvalue weighted by atomic mass is 16.5. The van der Waals surface area contributed by atoms with Gasteiger partial charge in [0.15, 0.2) is 0 Å². The highest BCUT2D eigenvalue weighted by Gasteiger charge is 2.35. The molecule has 132 valence electrons. The summed E-state index contributed by atoms with van der Waals surface area (Å²) in [5, 5.41) is 0. The molecule has 0 spiro atoms. The van der Waals surface area contributed by atoms with Crippen molar-refractivity contribution in [3.05, 3.63) is 48.3 Å². The number of H-pyrrole nitrogens is 1. The minimum absolute atomic E-state index is 0.0248. The molecule has 0 aliphatic carbocycles. The number of ether oxygens (including phenoxy) is 1. The van der Waals surface area contributed by atoms with Crippen LogP contribution in [0.4, 0.5) is 0 Å². The number of rotatable bonds is 3. The molecule has 4 heterocycles. The maximum absolute atomic E-state index is 12.6. The summed E-state index contributed by atoms with van der Waals surface area (Å²) in [5.74, 6) is 0.0248. The standard InChI is InChI=1S/C18H23N5O2/c24-18(15-11-20-13-21-15)22-7-3-16-17(4-8-22)25-10-9-23(16)12-14-1-5-19-6-2-14/h1-2,5-6,11,13,16-17H,3-4,7-10,12H2,(H,20,21)/t16-,17+/m0/s1. The second kappa shape index (κ2) is 7.33. The monoisotopic (exact) mass is 341 g/mol. The summed E-state index contributed by atoms with van der Waals surface area (Å²) in [5.41, 5.74) is 1.82.